The molecule has 2 aromatic carbocycles. The number of amides is 2. The van der Waals surface area contributed by atoms with Crippen molar-refractivity contribution in [2.75, 3.05) is 12.0 Å². The summed E-state index contributed by atoms with van der Waals surface area (Å²) in [6.45, 7) is 0. The van der Waals surface area contributed by atoms with Gasteiger partial charge in [0.25, 0.3) is 11.8 Å². The molecule has 0 fully saturated rings. The van der Waals surface area contributed by atoms with E-state index in [9.17, 15) is 9.59 Å². The molecule has 0 aliphatic carbocycles. The van der Waals surface area contributed by atoms with Gasteiger partial charge in [0.15, 0.2) is 0 Å². The van der Waals surface area contributed by atoms with Gasteiger partial charge in [-0.1, -0.05) is 23.5 Å². The molecule has 0 spiro atoms. The zero-order chi connectivity index (χ0) is 15.3. The van der Waals surface area contributed by atoms with Crippen LogP contribution in [0.1, 0.15) is 20.7 Å². The zero-order valence-corrected chi connectivity index (χ0v) is 12.4. The number of imide groups is 1. The quantitative estimate of drug-likeness (QED) is 0.682. The van der Waals surface area contributed by atoms with E-state index in [2.05, 4.69) is 4.98 Å². The van der Waals surface area contributed by atoms with E-state index >= 15 is 0 Å². The Hall–Kier alpha value is -2.73. The number of fused-ring (bicyclic) bond motifs is 2. The van der Waals surface area contributed by atoms with Crippen LogP contribution in [0.25, 0.3) is 10.2 Å². The molecule has 5 nitrogen and oxygen atoms in total. The van der Waals surface area contributed by atoms with Gasteiger partial charge in [-0.05, 0) is 30.3 Å². The highest BCUT2D eigenvalue weighted by Crippen LogP contribution is 2.35. The summed E-state index contributed by atoms with van der Waals surface area (Å²) in [5.41, 5.74) is 1.58. The molecule has 0 saturated heterocycles. The van der Waals surface area contributed by atoms with Crippen LogP contribution in [0.2, 0.25) is 0 Å². The summed E-state index contributed by atoms with van der Waals surface area (Å²) in [5, 5.41) is 0.384. The van der Waals surface area contributed by atoms with Gasteiger partial charge in [-0.2, -0.15) is 0 Å². The summed E-state index contributed by atoms with van der Waals surface area (Å²) in [6, 6.07) is 12.3. The van der Waals surface area contributed by atoms with Crippen LogP contribution in [0.3, 0.4) is 0 Å². The molecular weight excluding hydrogens is 300 g/mol. The molecule has 1 aliphatic heterocycles. The lowest BCUT2D eigenvalue weighted by Gasteiger charge is -2.08. The van der Waals surface area contributed by atoms with Crippen molar-refractivity contribution < 1.29 is 14.3 Å². The number of rotatable bonds is 2. The normalized spacial score (nSPS) is 13.8. The summed E-state index contributed by atoms with van der Waals surface area (Å²) in [4.78, 5) is 30.5. The predicted molar refractivity (Wildman–Crippen MR) is 83.8 cm³/mol. The van der Waals surface area contributed by atoms with Crippen molar-refractivity contribution in [3.63, 3.8) is 0 Å². The molecule has 3 aromatic rings. The number of aromatic nitrogens is 1. The van der Waals surface area contributed by atoms with Crippen molar-refractivity contribution in [1.29, 1.82) is 0 Å². The number of carbonyl (C=O) groups excluding carboxylic acids is 2. The van der Waals surface area contributed by atoms with Crippen LogP contribution in [-0.2, 0) is 0 Å². The van der Waals surface area contributed by atoms with Gasteiger partial charge in [0.2, 0.25) is 5.13 Å². The van der Waals surface area contributed by atoms with E-state index in [0.29, 0.717) is 22.0 Å². The average Bonchev–Trinajstić information content (AvgIpc) is 3.06. The number of thiazole rings is 1. The first-order valence-corrected chi connectivity index (χ1v) is 7.43. The Bertz CT molecular complexity index is 897. The van der Waals surface area contributed by atoms with Crippen LogP contribution in [0, 0.1) is 0 Å². The lowest BCUT2D eigenvalue weighted by Crippen LogP contribution is -2.29. The molecular formula is C16H10N2O3S. The Morgan fingerprint density at radius 2 is 1.73 bits per heavy atom. The number of methoxy groups -OCH3 is 1. The highest BCUT2D eigenvalue weighted by molar-refractivity contribution is 7.22. The highest BCUT2D eigenvalue weighted by Gasteiger charge is 2.38. The number of ether oxygens (including phenoxy) is 1. The van der Waals surface area contributed by atoms with Crippen molar-refractivity contribution in [3.05, 3.63) is 53.6 Å². The van der Waals surface area contributed by atoms with E-state index in [1.807, 2.05) is 12.1 Å². The Balaban J connectivity index is 1.83. The zero-order valence-electron chi connectivity index (χ0n) is 11.6. The van der Waals surface area contributed by atoms with Crippen LogP contribution >= 0.6 is 11.3 Å². The molecule has 108 valence electrons. The molecule has 2 heterocycles. The smallest absolute Gasteiger partial charge is 0.268 e. The number of benzene rings is 2. The van der Waals surface area contributed by atoms with Gasteiger partial charge in [0.05, 0.1) is 28.5 Å². The fraction of sp³-hybridized carbons (Fsp3) is 0.0625. The molecule has 22 heavy (non-hydrogen) atoms. The standard InChI is InChI=1S/C16H10N2O3S/c1-21-9-6-7-12-13(8-9)22-16(17-12)18-14(19)10-4-2-3-5-11(10)15(18)20/h2-8H,1H3. The van der Waals surface area contributed by atoms with Crippen LogP contribution in [0.5, 0.6) is 5.75 Å². The molecule has 2 amide bonds. The molecule has 0 radical (unpaired) electrons. The Labute approximate surface area is 129 Å². The minimum Gasteiger partial charge on any atom is -0.497 e. The number of hydrogen-bond acceptors (Lipinski definition) is 5. The minimum absolute atomic E-state index is 0.327. The van der Waals surface area contributed by atoms with Gasteiger partial charge in [-0.25, -0.2) is 9.88 Å². The topological polar surface area (TPSA) is 59.5 Å². The van der Waals surface area contributed by atoms with Gasteiger partial charge in [-0.15, -0.1) is 0 Å². The van der Waals surface area contributed by atoms with Crippen molar-refractivity contribution in [3.8, 4) is 5.75 Å². The van der Waals surface area contributed by atoms with E-state index in [-0.39, 0.29) is 11.8 Å². The molecule has 0 atom stereocenters. The van der Waals surface area contributed by atoms with E-state index in [1.54, 1.807) is 37.4 Å². The predicted octanol–water partition coefficient (Wildman–Crippen LogP) is 3.11. The summed E-state index contributed by atoms with van der Waals surface area (Å²) in [5.74, 6) is 0.0586. The number of hydrogen-bond donors (Lipinski definition) is 0. The molecule has 0 bridgehead atoms. The Kier molecular flexibility index (Phi) is 2.74. The molecule has 4 rings (SSSR count). The fourth-order valence-electron chi connectivity index (χ4n) is 2.48. The lowest BCUT2D eigenvalue weighted by molar-refractivity contribution is 0.0926. The fourth-order valence-corrected chi connectivity index (χ4v) is 3.47. The van der Waals surface area contributed by atoms with Gasteiger partial charge in [0, 0.05) is 0 Å². The first-order valence-electron chi connectivity index (χ1n) is 6.61. The molecule has 1 aromatic heterocycles. The molecule has 0 saturated carbocycles. The summed E-state index contributed by atoms with van der Waals surface area (Å²) in [7, 11) is 1.59. The van der Waals surface area contributed by atoms with Crippen molar-refractivity contribution >= 4 is 38.5 Å². The molecule has 1 aliphatic rings. The molecule has 0 unspecified atom stereocenters. The summed E-state index contributed by atoms with van der Waals surface area (Å²) < 4.78 is 6.05. The highest BCUT2D eigenvalue weighted by atomic mass is 32.1. The summed E-state index contributed by atoms with van der Waals surface area (Å²) in [6.07, 6.45) is 0. The summed E-state index contributed by atoms with van der Waals surface area (Å²) >= 11 is 1.30. The maximum absolute atomic E-state index is 12.5. The minimum atomic E-state index is -0.327. The largest absolute Gasteiger partial charge is 0.497 e. The first kappa shape index (κ1) is 13.0. The number of nitrogens with zero attached hydrogens (tertiary/aromatic N) is 2. The second-order valence-corrected chi connectivity index (χ2v) is 5.83. The second-order valence-electron chi connectivity index (χ2n) is 4.82. The Morgan fingerprint density at radius 1 is 1.05 bits per heavy atom. The lowest BCUT2D eigenvalue weighted by atomic mass is 10.1. The maximum atomic E-state index is 12.5. The van der Waals surface area contributed by atoms with Crippen LogP contribution in [0.4, 0.5) is 5.13 Å². The monoisotopic (exact) mass is 310 g/mol. The number of anilines is 1. The van der Waals surface area contributed by atoms with Gasteiger partial charge in [-0.3, -0.25) is 9.59 Å². The first-order chi connectivity index (χ1) is 10.7. The average molecular weight is 310 g/mol. The van der Waals surface area contributed by atoms with Gasteiger partial charge < -0.3 is 4.74 Å². The SMILES string of the molecule is COc1ccc2nc(N3C(=O)c4ccccc4C3=O)sc2c1. The van der Waals surface area contributed by atoms with E-state index in [4.69, 9.17) is 4.74 Å². The third-order valence-electron chi connectivity index (χ3n) is 3.57. The van der Waals surface area contributed by atoms with Gasteiger partial charge in [0.1, 0.15) is 5.75 Å². The number of carbonyl (C=O) groups is 2. The van der Waals surface area contributed by atoms with Crippen LogP contribution < -0.4 is 9.64 Å². The Morgan fingerprint density at radius 3 is 2.36 bits per heavy atom. The van der Waals surface area contributed by atoms with Crippen molar-refractivity contribution in [2.45, 2.75) is 0 Å². The van der Waals surface area contributed by atoms with E-state index < -0.39 is 0 Å². The second kappa shape index (κ2) is 4.64. The molecule has 0 N–H and O–H groups in total. The third kappa shape index (κ3) is 1.74. The van der Waals surface area contributed by atoms with Gasteiger partial charge >= 0.3 is 0 Å². The van der Waals surface area contributed by atoms with Crippen molar-refractivity contribution in [1.82, 2.24) is 4.98 Å². The maximum Gasteiger partial charge on any atom is 0.268 e. The van der Waals surface area contributed by atoms with Crippen LogP contribution in [0.15, 0.2) is 42.5 Å². The van der Waals surface area contributed by atoms with E-state index in [1.165, 1.54) is 11.3 Å². The van der Waals surface area contributed by atoms with Crippen LogP contribution in [-0.4, -0.2) is 23.9 Å². The molecule has 6 heteroatoms. The van der Waals surface area contributed by atoms with E-state index in [0.717, 1.165) is 15.1 Å². The van der Waals surface area contributed by atoms with Crippen molar-refractivity contribution in [2.24, 2.45) is 0 Å². The third-order valence-corrected chi connectivity index (χ3v) is 4.57.